The average Bonchev–Trinajstić information content (AvgIpc) is 3.25. The Bertz CT molecular complexity index is 1040. The van der Waals surface area contributed by atoms with Crippen molar-refractivity contribution in [2.45, 2.75) is 75.2 Å². The molecule has 1 N–H and O–H groups in total. The maximum absolute atomic E-state index is 12.7. The molecule has 12 heteroatoms. The molecular formula is C22H23ClF3N3O5. The number of nitrogens with one attached hydrogen (secondary N) is 1. The minimum atomic E-state index is -4.64. The first kappa shape index (κ1) is 23.4. The van der Waals surface area contributed by atoms with Crippen molar-refractivity contribution in [1.82, 2.24) is 15.5 Å². The molecule has 1 saturated carbocycles. The van der Waals surface area contributed by atoms with Crippen LogP contribution in [0.2, 0.25) is 5.02 Å². The predicted molar refractivity (Wildman–Crippen MR) is 111 cm³/mol. The number of hydrogen-bond donors (Lipinski definition) is 1. The molecule has 3 aliphatic rings. The van der Waals surface area contributed by atoms with Crippen LogP contribution in [0.3, 0.4) is 0 Å². The molecular weight excluding hydrogens is 479 g/mol. The number of aryl methyl sites for hydroxylation is 1. The van der Waals surface area contributed by atoms with Gasteiger partial charge in [-0.05, 0) is 62.3 Å². The fourth-order valence-corrected chi connectivity index (χ4v) is 4.68. The van der Waals surface area contributed by atoms with E-state index in [9.17, 15) is 18.0 Å². The van der Waals surface area contributed by atoms with Crippen LogP contribution in [0.1, 0.15) is 61.5 Å². The second kappa shape index (κ2) is 9.35. The van der Waals surface area contributed by atoms with Crippen LogP contribution in [0, 0.1) is 0 Å². The van der Waals surface area contributed by atoms with Crippen molar-refractivity contribution >= 4 is 17.5 Å². The number of amides is 1. The lowest BCUT2D eigenvalue weighted by Crippen LogP contribution is -2.48. The van der Waals surface area contributed by atoms with Crippen molar-refractivity contribution in [3.63, 3.8) is 0 Å². The highest BCUT2D eigenvalue weighted by Gasteiger charge is 2.43. The van der Waals surface area contributed by atoms with Crippen LogP contribution in [0.4, 0.5) is 13.2 Å². The molecule has 184 valence electrons. The number of benzene rings is 1. The van der Waals surface area contributed by atoms with Gasteiger partial charge in [0.2, 0.25) is 11.8 Å². The van der Waals surface area contributed by atoms with Gasteiger partial charge >= 0.3 is 6.36 Å². The van der Waals surface area contributed by atoms with Crippen molar-refractivity contribution in [2.75, 3.05) is 6.61 Å². The maximum Gasteiger partial charge on any atom is 0.522 e. The molecule has 1 aromatic heterocycles. The molecule has 3 heterocycles. The Morgan fingerprint density at radius 1 is 1.15 bits per heavy atom. The second-order valence-corrected chi connectivity index (χ2v) is 9.27. The minimum absolute atomic E-state index is 0.173. The van der Waals surface area contributed by atoms with Gasteiger partial charge in [0, 0.05) is 10.9 Å². The molecule has 1 aromatic carbocycles. The molecule has 1 unspecified atom stereocenters. The number of nitrogens with zero attached hydrogens (tertiary/aromatic N) is 2. The van der Waals surface area contributed by atoms with E-state index in [2.05, 4.69) is 20.3 Å². The molecule has 3 atom stereocenters. The number of halogens is 4. The van der Waals surface area contributed by atoms with Crippen LogP contribution in [0.15, 0.2) is 22.6 Å². The SMILES string of the molecule is O=C(N[C@@H]1CC[C@@H](c2nnc([C@H]3C[C@@H](OC(F)(F)F)C3)o2)OC1)C1CCc2cc(Cl)ccc2O1. The minimum Gasteiger partial charge on any atom is -0.480 e. The van der Waals surface area contributed by atoms with Gasteiger partial charge in [-0.25, -0.2) is 0 Å². The van der Waals surface area contributed by atoms with Gasteiger partial charge in [-0.2, -0.15) is 0 Å². The summed E-state index contributed by atoms with van der Waals surface area (Å²) in [6.07, 6.45) is -3.66. The highest BCUT2D eigenvalue weighted by Crippen LogP contribution is 2.41. The van der Waals surface area contributed by atoms with Gasteiger partial charge < -0.3 is 19.2 Å². The number of ether oxygens (including phenoxy) is 3. The number of carbonyl (C=O) groups is 1. The molecule has 1 amide bonds. The van der Waals surface area contributed by atoms with Crippen molar-refractivity contribution in [2.24, 2.45) is 0 Å². The molecule has 2 fully saturated rings. The van der Waals surface area contributed by atoms with E-state index >= 15 is 0 Å². The summed E-state index contributed by atoms with van der Waals surface area (Å²) < 4.78 is 58.1. The molecule has 8 nitrogen and oxygen atoms in total. The van der Waals surface area contributed by atoms with Crippen molar-refractivity contribution in [3.8, 4) is 5.75 Å². The summed E-state index contributed by atoms with van der Waals surface area (Å²) in [6.45, 7) is 0.276. The van der Waals surface area contributed by atoms with E-state index in [4.69, 9.17) is 25.5 Å². The van der Waals surface area contributed by atoms with Gasteiger partial charge in [0.1, 0.15) is 11.9 Å². The first-order valence-corrected chi connectivity index (χ1v) is 11.6. The number of fused-ring (bicyclic) bond motifs is 1. The van der Waals surface area contributed by atoms with Crippen molar-refractivity contribution < 1.29 is 36.6 Å². The Kier molecular flexibility index (Phi) is 6.43. The lowest BCUT2D eigenvalue weighted by Gasteiger charge is -2.33. The normalized spacial score (nSPS) is 29.0. The number of rotatable bonds is 5. The van der Waals surface area contributed by atoms with Crippen LogP contribution in [0.5, 0.6) is 5.75 Å². The van der Waals surface area contributed by atoms with Crippen LogP contribution in [-0.4, -0.2) is 47.3 Å². The summed E-state index contributed by atoms with van der Waals surface area (Å²) in [6, 6.07) is 5.19. The summed E-state index contributed by atoms with van der Waals surface area (Å²) in [5.74, 6) is 0.831. The zero-order valence-corrected chi connectivity index (χ0v) is 18.8. The van der Waals surface area contributed by atoms with E-state index in [-0.39, 0.29) is 37.3 Å². The summed E-state index contributed by atoms with van der Waals surface area (Å²) >= 11 is 6.01. The Balaban J connectivity index is 1.07. The molecule has 1 saturated heterocycles. The summed E-state index contributed by atoms with van der Waals surface area (Å²) in [5, 5.41) is 11.6. The van der Waals surface area contributed by atoms with Gasteiger partial charge in [-0.3, -0.25) is 9.53 Å². The predicted octanol–water partition coefficient (Wildman–Crippen LogP) is 4.24. The van der Waals surface area contributed by atoms with Gasteiger partial charge in [-0.15, -0.1) is 23.4 Å². The van der Waals surface area contributed by atoms with Crippen LogP contribution in [0.25, 0.3) is 0 Å². The van der Waals surface area contributed by atoms with Crippen LogP contribution >= 0.6 is 11.6 Å². The molecule has 2 aliphatic heterocycles. The quantitative estimate of drug-likeness (QED) is 0.654. The lowest BCUT2D eigenvalue weighted by molar-refractivity contribution is -0.352. The Labute approximate surface area is 198 Å². The number of carbonyl (C=O) groups excluding carboxylic acids is 1. The number of aromatic nitrogens is 2. The summed E-state index contributed by atoms with van der Waals surface area (Å²) in [5.41, 5.74) is 0.990. The van der Waals surface area contributed by atoms with Crippen LogP contribution in [-0.2, 0) is 20.7 Å². The van der Waals surface area contributed by atoms with Crippen molar-refractivity contribution in [1.29, 1.82) is 0 Å². The number of hydrogen-bond acceptors (Lipinski definition) is 7. The zero-order valence-electron chi connectivity index (χ0n) is 18.0. The highest BCUT2D eigenvalue weighted by atomic mass is 35.5. The van der Waals surface area contributed by atoms with E-state index < -0.39 is 24.7 Å². The first-order chi connectivity index (χ1) is 16.2. The average molecular weight is 502 g/mol. The van der Waals surface area contributed by atoms with E-state index in [1.807, 2.05) is 6.07 Å². The number of alkyl halides is 3. The highest BCUT2D eigenvalue weighted by molar-refractivity contribution is 6.30. The van der Waals surface area contributed by atoms with E-state index in [0.717, 1.165) is 5.56 Å². The monoisotopic (exact) mass is 501 g/mol. The van der Waals surface area contributed by atoms with E-state index in [1.165, 1.54) is 0 Å². The molecule has 2 aromatic rings. The van der Waals surface area contributed by atoms with E-state index in [1.54, 1.807) is 12.1 Å². The molecule has 1 aliphatic carbocycles. The third-order valence-corrected chi connectivity index (χ3v) is 6.59. The third-order valence-electron chi connectivity index (χ3n) is 6.36. The van der Waals surface area contributed by atoms with Crippen molar-refractivity contribution in [3.05, 3.63) is 40.6 Å². The molecule has 34 heavy (non-hydrogen) atoms. The maximum atomic E-state index is 12.7. The fraction of sp³-hybridized carbons (Fsp3) is 0.591. The molecule has 0 bridgehead atoms. The Morgan fingerprint density at radius 3 is 2.68 bits per heavy atom. The van der Waals surface area contributed by atoms with Gasteiger partial charge in [-0.1, -0.05) is 11.6 Å². The fourth-order valence-electron chi connectivity index (χ4n) is 4.49. The smallest absolute Gasteiger partial charge is 0.480 e. The lowest BCUT2D eigenvalue weighted by atomic mass is 9.82. The Morgan fingerprint density at radius 2 is 1.94 bits per heavy atom. The topological polar surface area (TPSA) is 95.7 Å². The summed E-state index contributed by atoms with van der Waals surface area (Å²) in [4.78, 5) is 12.7. The van der Waals surface area contributed by atoms with Gasteiger partial charge in [0.05, 0.1) is 18.8 Å². The first-order valence-electron chi connectivity index (χ1n) is 11.2. The largest absolute Gasteiger partial charge is 0.522 e. The van der Waals surface area contributed by atoms with Crippen LogP contribution < -0.4 is 10.1 Å². The second-order valence-electron chi connectivity index (χ2n) is 8.83. The zero-order chi connectivity index (χ0) is 23.9. The Hall–Kier alpha value is -2.37. The third kappa shape index (κ3) is 5.31. The molecule has 5 rings (SSSR count). The van der Waals surface area contributed by atoms with Gasteiger partial charge in [0.25, 0.3) is 5.91 Å². The molecule has 0 radical (unpaired) electrons. The van der Waals surface area contributed by atoms with Gasteiger partial charge in [0.15, 0.2) is 6.10 Å². The summed E-state index contributed by atoms with van der Waals surface area (Å²) in [7, 11) is 0. The standard InChI is InChI=1S/C22H23ClF3N3O5/c23-13-2-5-16-11(7-13)1-4-17(32-16)19(30)27-14-3-6-18(31-10-14)21-29-28-20(33-21)12-8-15(9-12)34-22(24,25)26/h2,5,7,12,14-15,17-18H,1,3-4,6,8-10H2,(H,27,30)/t12-,14-,15+,17?,18+/m1/s1. The molecule has 0 spiro atoms. The van der Waals surface area contributed by atoms with E-state index in [0.29, 0.717) is 48.2 Å².